The van der Waals surface area contributed by atoms with Crippen molar-refractivity contribution in [3.63, 3.8) is 0 Å². The van der Waals surface area contributed by atoms with E-state index in [4.69, 9.17) is 5.26 Å². The Morgan fingerprint density at radius 1 is 1.00 bits per heavy atom. The highest BCUT2D eigenvalue weighted by Gasteiger charge is 2.21. The lowest BCUT2D eigenvalue weighted by atomic mass is 9.99. The molecular formula is C17H14N2O. The molecule has 1 atom stereocenters. The van der Waals surface area contributed by atoms with Crippen LogP contribution in [0.1, 0.15) is 30.0 Å². The quantitative estimate of drug-likeness (QED) is 0.903. The van der Waals surface area contributed by atoms with E-state index in [-0.39, 0.29) is 11.9 Å². The summed E-state index contributed by atoms with van der Waals surface area (Å²) >= 11 is 0. The first-order valence-electron chi connectivity index (χ1n) is 6.66. The van der Waals surface area contributed by atoms with Gasteiger partial charge in [0.15, 0.2) is 0 Å². The van der Waals surface area contributed by atoms with Gasteiger partial charge < -0.3 is 5.32 Å². The molecule has 0 aliphatic carbocycles. The van der Waals surface area contributed by atoms with Crippen LogP contribution >= 0.6 is 0 Å². The minimum absolute atomic E-state index is 0.131. The maximum atomic E-state index is 11.2. The average Bonchev–Trinajstić information content (AvgIpc) is 2.94. The van der Waals surface area contributed by atoms with Gasteiger partial charge in [0.25, 0.3) is 0 Å². The van der Waals surface area contributed by atoms with E-state index in [0.29, 0.717) is 12.0 Å². The van der Waals surface area contributed by atoms with Gasteiger partial charge in [-0.1, -0.05) is 36.4 Å². The minimum atomic E-state index is 0.131. The molecule has 1 N–H and O–H groups in total. The predicted molar refractivity (Wildman–Crippen MR) is 76.7 cm³/mol. The Morgan fingerprint density at radius 3 is 2.10 bits per heavy atom. The van der Waals surface area contributed by atoms with Crippen LogP contribution in [0.25, 0.3) is 11.1 Å². The topological polar surface area (TPSA) is 52.9 Å². The maximum Gasteiger partial charge on any atom is 0.220 e. The van der Waals surface area contributed by atoms with Crippen molar-refractivity contribution in [2.24, 2.45) is 0 Å². The molecule has 0 unspecified atom stereocenters. The number of nitriles is 1. The van der Waals surface area contributed by atoms with Crippen LogP contribution in [0, 0.1) is 11.3 Å². The van der Waals surface area contributed by atoms with Crippen molar-refractivity contribution in [2.75, 3.05) is 0 Å². The molecule has 2 aromatic rings. The highest BCUT2D eigenvalue weighted by Crippen LogP contribution is 2.26. The molecule has 20 heavy (non-hydrogen) atoms. The molecule has 0 radical (unpaired) electrons. The summed E-state index contributed by atoms with van der Waals surface area (Å²) in [7, 11) is 0. The molecule has 2 aromatic carbocycles. The zero-order valence-corrected chi connectivity index (χ0v) is 11.0. The van der Waals surface area contributed by atoms with E-state index in [0.717, 1.165) is 23.1 Å². The van der Waals surface area contributed by atoms with Gasteiger partial charge >= 0.3 is 0 Å². The SMILES string of the molecule is N#Cc1ccc(-c2ccc([C@H]3CCC(=O)N3)cc2)cc1. The van der Waals surface area contributed by atoms with E-state index >= 15 is 0 Å². The second kappa shape index (κ2) is 5.18. The Morgan fingerprint density at radius 2 is 1.60 bits per heavy atom. The first-order chi connectivity index (χ1) is 9.76. The normalized spacial score (nSPS) is 17.6. The van der Waals surface area contributed by atoms with Gasteiger partial charge in [-0.25, -0.2) is 0 Å². The molecule has 0 aromatic heterocycles. The predicted octanol–water partition coefficient (Wildman–Crippen LogP) is 3.18. The number of benzene rings is 2. The first-order valence-corrected chi connectivity index (χ1v) is 6.66. The van der Waals surface area contributed by atoms with Crippen molar-refractivity contribution in [1.82, 2.24) is 5.32 Å². The maximum absolute atomic E-state index is 11.2. The highest BCUT2D eigenvalue weighted by molar-refractivity contribution is 5.78. The molecule has 3 rings (SSSR count). The molecule has 1 amide bonds. The zero-order chi connectivity index (χ0) is 13.9. The summed E-state index contributed by atoms with van der Waals surface area (Å²) in [5.41, 5.74) is 4.01. The molecule has 1 heterocycles. The van der Waals surface area contributed by atoms with Crippen LogP contribution in [0.3, 0.4) is 0 Å². The standard InChI is InChI=1S/C17H14N2O/c18-11-12-1-3-13(4-2-12)14-5-7-15(8-6-14)16-9-10-17(20)19-16/h1-8,16H,9-10H2,(H,19,20)/t16-/m1/s1. The van der Waals surface area contributed by atoms with E-state index in [1.54, 1.807) is 0 Å². The Bertz CT molecular complexity index is 666. The first kappa shape index (κ1) is 12.4. The van der Waals surface area contributed by atoms with Crippen LogP contribution in [0.2, 0.25) is 0 Å². The van der Waals surface area contributed by atoms with Crippen molar-refractivity contribution in [1.29, 1.82) is 5.26 Å². The van der Waals surface area contributed by atoms with Gasteiger partial charge in [0.1, 0.15) is 0 Å². The Kier molecular flexibility index (Phi) is 3.22. The number of nitrogens with one attached hydrogen (secondary N) is 1. The third kappa shape index (κ3) is 2.41. The molecule has 0 spiro atoms. The molecule has 1 aliphatic rings. The molecular weight excluding hydrogens is 248 g/mol. The van der Waals surface area contributed by atoms with Crippen LogP contribution in [-0.4, -0.2) is 5.91 Å². The third-order valence-corrected chi connectivity index (χ3v) is 3.66. The van der Waals surface area contributed by atoms with Crippen molar-refractivity contribution >= 4 is 5.91 Å². The van der Waals surface area contributed by atoms with Crippen LogP contribution in [0.4, 0.5) is 0 Å². The number of carbonyl (C=O) groups is 1. The number of carbonyl (C=O) groups excluding carboxylic acids is 1. The van der Waals surface area contributed by atoms with Crippen LogP contribution in [0.15, 0.2) is 48.5 Å². The van der Waals surface area contributed by atoms with Crippen molar-refractivity contribution in [3.05, 3.63) is 59.7 Å². The van der Waals surface area contributed by atoms with E-state index in [2.05, 4.69) is 35.7 Å². The number of rotatable bonds is 2. The lowest BCUT2D eigenvalue weighted by Gasteiger charge is -2.11. The van der Waals surface area contributed by atoms with E-state index < -0.39 is 0 Å². The summed E-state index contributed by atoms with van der Waals surface area (Å²) in [5, 5.41) is 11.8. The summed E-state index contributed by atoms with van der Waals surface area (Å²) in [6.07, 6.45) is 1.48. The number of nitrogens with zero attached hydrogens (tertiary/aromatic N) is 1. The molecule has 3 heteroatoms. The molecule has 1 saturated heterocycles. The Hall–Kier alpha value is -2.60. The summed E-state index contributed by atoms with van der Waals surface area (Å²) in [4.78, 5) is 11.2. The second-order valence-corrected chi connectivity index (χ2v) is 4.97. The summed E-state index contributed by atoms with van der Waals surface area (Å²) < 4.78 is 0. The van der Waals surface area contributed by atoms with Gasteiger partial charge in [0.2, 0.25) is 5.91 Å². The van der Waals surface area contributed by atoms with Gasteiger partial charge in [-0.3, -0.25) is 4.79 Å². The van der Waals surface area contributed by atoms with Crippen molar-refractivity contribution in [2.45, 2.75) is 18.9 Å². The highest BCUT2D eigenvalue weighted by atomic mass is 16.1. The van der Waals surface area contributed by atoms with Crippen LogP contribution < -0.4 is 5.32 Å². The van der Waals surface area contributed by atoms with Gasteiger partial charge in [0, 0.05) is 6.42 Å². The average molecular weight is 262 g/mol. The summed E-state index contributed by atoms with van der Waals surface area (Å²) in [6.45, 7) is 0. The zero-order valence-electron chi connectivity index (χ0n) is 11.0. The molecule has 98 valence electrons. The van der Waals surface area contributed by atoms with Crippen molar-refractivity contribution < 1.29 is 4.79 Å². The van der Waals surface area contributed by atoms with Crippen LogP contribution in [0.5, 0.6) is 0 Å². The van der Waals surface area contributed by atoms with Gasteiger partial charge in [-0.2, -0.15) is 5.26 Å². The van der Waals surface area contributed by atoms with Gasteiger partial charge in [-0.15, -0.1) is 0 Å². The third-order valence-electron chi connectivity index (χ3n) is 3.66. The van der Waals surface area contributed by atoms with Gasteiger partial charge in [0.05, 0.1) is 17.7 Å². The lowest BCUT2D eigenvalue weighted by molar-refractivity contribution is -0.119. The number of amides is 1. The molecule has 1 aliphatic heterocycles. The van der Waals surface area contributed by atoms with E-state index in [1.165, 1.54) is 0 Å². The van der Waals surface area contributed by atoms with E-state index in [9.17, 15) is 4.79 Å². The fraction of sp³-hybridized carbons (Fsp3) is 0.176. The Balaban J connectivity index is 1.82. The monoisotopic (exact) mass is 262 g/mol. The molecule has 3 nitrogen and oxygen atoms in total. The summed E-state index contributed by atoms with van der Waals surface area (Å²) in [5.74, 6) is 0.131. The fourth-order valence-corrected chi connectivity index (χ4v) is 2.51. The number of hydrogen-bond acceptors (Lipinski definition) is 2. The molecule has 1 fully saturated rings. The van der Waals surface area contributed by atoms with E-state index in [1.807, 2.05) is 24.3 Å². The molecule has 0 bridgehead atoms. The Labute approximate surface area is 117 Å². The van der Waals surface area contributed by atoms with Crippen molar-refractivity contribution in [3.8, 4) is 17.2 Å². The lowest BCUT2D eigenvalue weighted by Crippen LogP contribution is -2.18. The molecule has 0 saturated carbocycles. The number of hydrogen-bond donors (Lipinski definition) is 1. The second-order valence-electron chi connectivity index (χ2n) is 4.97. The smallest absolute Gasteiger partial charge is 0.220 e. The largest absolute Gasteiger partial charge is 0.349 e. The minimum Gasteiger partial charge on any atom is -0.349 e. The summed E-state index contributed by atoms with van der Waals surface area (Å²) in [6, 6.07) is 18.0. The fourth-order valence-electron chi connectivity index (χ4n) is 2.51. The van der Waals surface area contributed by atoms with Gasteiger partial charge in [-0.05, 0) is 35.2 Å². The van der Waals surface area contributed by atoms with Crippen LogP contribution in [-0.2, 0) is 4.79 Å².